The van der Waals surface area contributed by atoms with Crippen molar-refractivity contribution in [2.75, 3.05) is 19.6 Å². The Balaban J connectivity index is 0.865. The van der Waals surface area contributed by atoms with Crippen molar-refractivity contribution in [2.45, 2.75) is 127 Å². The van der Waals surface area contributed by atoms with Crippen molar-refractivity contribution < 1.29 is 23.9 Å². The number of nitrogens with zero attached hydrogens (tertiary/aromatic N) is 3. The summed E-state index contributed by atoms with van der Waals surface area (Å²) in [6, 6.07) is 27.0. The number of ether oxygens (including phenoxy) is 1. The van der Waals surface area contributed by atoms with Crippen LogP contribution in [-0.2, 0) is 24.5 Å². The van der Waals surface area contributed by atoms with E-state index < -0.39 is 17.7 Å². The van der Waals surface area contributed by atoms with Gasteiger partial charge in [0.05, 0.1) is 23.9 Å². The molecule has 2 bridgehead atoms. The first-order chi connectivity index (χ1) is 28.8. The third-order valence-corrected chi connectivity index (χ3v) is 13.9. The fraction of sp³-hybridized carbons (Fsp3) is 0.490. The number of carbonyl (C=O) groups is 4. The second kappa shape index (κ2) is 16.9. The number of aromatic amines is 1. The molecular formula is C49H60N6O5. The standard InChI is InChI=1S/C49H60N6O5/c1-33(34-13-7-5-8-14-34)43(56)55-30-12-18-40(55)42-50-32-39(52-42)35-19-21-37(22-20-35)48-23-26-49(27-24-48,28-25-48)45(58)51-31-38-17-11-29-54(38)44(57)41(36-15-9-6-10-16-36)53-46(59)60-47(2,3)4/h5-10,13-16,19-22,32-33,38,40-41H,11-12,17-18,23-31H2,1-4H3,(H,50,52)(H,51,58)(H,53,59)/t33-,38+,40+,41-,48?,49?/m1/s1. The molecule has 3 aromatic carbocycles. The Morgan fingerprint density at radius 2 is 1.42 bits per heavy atom. The zero-order valence-electron chi connectivity index (χ0n) is 35.5. The molecule has 0 spiro atoms. The number of hydrogen-bond donors (Lipinski definition) is 3. The third kappa shape index (κ3) is 8.45. The van der Waals surface area contributed by atoms with Gasteiger partial charge in [-0.15, -0.1) is 0 Å². The molecule has 4 amide bonds. The molecule has 316 valence electrons. The zero-order chi connectivity index (χ0) is 42.1. The van der Waals surface area contributed by atoms with Crippen molar-refractivity contribution >= 4 is 23.8 Å². The lowest BCUT2D eigenvalue weighted by molar-refractivity contribution is -0.139. The van der Waals surface area contributed by atoms with E-state index >= 15 is 0 Å². The maximum atomic E-state index is 14.1. The Morgan fingerprint density at radius 3 is 2.07 bits per heavy atom. The van der Waals surface area contributed by atoms with Gasteiger partial charge in [0.2, 0.25) is 17.7 Å². The summed E-state index contributed by atoms with van der Waals surface area (Å²) in [6.45, 7) is 9.07. The van der Waals surface area contributed by atoms with E-state index in [-0.39, 0.29) is 46.6 Å². The number of alkyl carbamates (subject to hydrolysis) is 1. The minimum Gasteiger partial charge on any atom is -0.444 e. The zero-order valence-corrected chi connectivity index (χ0v) is 35.5. The van der Waals surface area contributed by atoms with Crippen LogP contribution < -0.4 is 10.6 Å². The van der Waals surface area contributed by atoms with E-state index in [1.165, 1.54) is 5.56 Å². The molecule has 3 heterocycles. The highest BCUT2D eigenvalue weighted by atomic mass is 16.6. The van der Waals surface area contributed by atoms with Gasteiger partial charge in [0.1, 0.15) is 17.5 Å². The topological polar surface area (TPSA) is 137 Å². The van der Waals surface area contributed by atoms with Gasteiger partial charge < -0.3 is 30.2 Å². The largest absolute Gasteiger partial charge is 0.444 e. The molecule has 0 unspecified atom stereocenters. The van der Waals surface area contributed by atoms with E-state index in [0.29, 0.717) is 18.7 Å². The van der Waals surface area contributed by atoms with Crippen LogP contribution in [0.5, 0.6) is 0 Å². The van der Waals surface area contributed by atoms with Crippen LogP contribution in [0.25, 0.3) is 11.3 Å². The average Bonchev–Trinajstić information content (AvgIpc) is 4.07. The number of carbonyl (C=O) groups excluding carboxylic acids is 4. The van der Waals surface area contributed by atoms with Gasteiger partial charge in [-0.1, -0.05) is 84.9 Å². The highest BCUT2D eigenvalue weighted by molar-refractivity contribution is 5.88. The van der Waals surface area contributed by atoms with Gasteiger partial charge in [-0.05, 0) is 120 Å². The Bertz CT molecular complexity index is 2140. The van der Waals surface area contributed by atoms with Crippen LogP contribution in [-0.4, -0.2) is 74.9 Å². The molecule has 3 saturated carbocycles. The summed E-state index contributed by atoms with van der Waals surface area (Å²) in [5.41, 5.74) is 4.04. The predicted octanol–water partition coefficient (Wildman–Crippen LogP) is 8.51. The normalized spacial score (nSPS) is 24.8. The van der Waals surface area contributed by atoms with Gasteiger partial charge in [0, 0.05) is 31.1 Å². The number of amides is 4. The lowest BCUT2D eigenvalue weighted by atomic mass is 9.51. The molecule has 2 aliphatic heterocycles. The van der Waals surface area contributed by atoms with Crippen molar-refractivity contribution in [2.24, 2.45) is 5.41 Å². The average molecular weight is 813 g/mol. The third-order valence-electron chi connectivity index (χ3n) is 13.9. The van der Waals surface area contributed by atoms with E-state index in [4.69, 9.17) is 9.72 Å². The Labute approximate surface area is 354 Å². The SMILES string of the molecule is C[C@@H](C(=O)N1CCC[C@H]1c1ncc(-c2ccc(C34CCC(C(=O)NC[C@@H]5CCCN5C(=O)[C@H](NC(=O)OC(C)(C)C)c5ccccc5)(CC3)CC4)cc2)[nH]1)c1ccccc1. The minimum absolute atomic E-state index is 0.0577. The van der Waals surface area contributed by atoms with Crippen LogP contribution >= 0.6 is 0 Å². The number of rotatable bonds is 11. The number of H-pyrrole nitrogens is 1. The van der Waals surface area contributed by atoms with Gasteiger partial charge >= 0.3 is 6.09 Å². The summed E-state index contributed by atoms with van der Waals surface area (Å²) >= 11 is 0. The molecule has 9 rings (SSSR count). The second-order valence-electron chi connectivity index (χ2n) is 18.7. The number of nitrogens with one attached hydrogen (secondary N) is 3. The van der Waals surface area contributed by atoms with Crippen LogP contribution in [0.2, 0.25) is 0 Å². The van der Waals surface area contributed by atoms with E-state index in [2.05, 4.69) is 39.9 Å². The number of benzene rings is 3. The maximum absolute atomic E-state index is 14.1. The molecular weight excluding hydrogens is 753 g/mol. The molecule has 3 aliphatic carbocycles. The molecule has 4 aromatic rings. The molecule has 4 atom stereocenters. The lowest BCUT2D eigenvalue weighted by Gasteiger charge is -2.53. The van der Waals surface area contributed by atoms with Crippen LogP contribution in [0.4, 0.5) is 4.79 Å². The van der Waals surface area contributed by atoms with Gasteiger partial charge in [0.25, 0.3) is 0 Å². The van der Waals surface area contributed by atoms with Gasteiger partial charge in [-0.25, -0.2) is 9.78 Å². The molecule has 60 heavy (non-hydrogen) atoms. The number of hydrogen-bond acceptors (Lipinski definition) is 6. The summed E-state index contributed by atoms with van der Waals surface area (Å²) in [4.78, 5) is 66.7. The summed E-state index contributed by atoms with van der Waals surface area (Å²) in [5.74, 6) is 0.684. The Hall–Kier alpha value is -5.45. The van der Waals surface area contributed by atoms with Crippen molar-refractivity contribution in [3.63, 3.8) is 0 Å². The Kier molecular flexibility index (Phi) is 11.6. The molecule has 3 N–H and O–H groups in total. The quantitative estimate of drug-likeness (QED) is 0.139. The van der Waals surface area contributed by atoms with Crippen molar-refractivity contribution in [3.8, 4) is 11.3 Å². The van der Waals surface area contributed by atoms with E-state index in [1.54, 1.807) is 20.8 Å². The Morgan fingerprint density at radius 1 is 0.800 bits per heavy atom. The molecule has 1 aromatic heterocycles. The summed E-state index contributed by atoms with van der Waals surface area (Å²) in [6.07, 6.45) is 10.1. The predicted molar refractivity (Wildman–Crippen MR) is 231 cm³/mol. The van der Waals surface area contributed by atoms with E-state index in [0.717, 1.165) is 93.4 Å². The lowest BCUT2D eigenvalue weighted by Crippen LogP contribution is -2.54. The molecule has 11 heteroatoms. The van der Waals surface area contributed by atoms with Gasteiger partial charge in [-0.2, -0.15) is 0 Å². The maximum Gasteiger partial charge on any atom is 0.408 e. The highest BCUT2D eigenvalue weighted by Gasteiger charge is 2.53. The second-order valence-corrected chi connectivity index (χ2v) is 18.7. The van der Waals surface area contributed by atoms with Crippen molar-refractivity contribution in [1.29, 1.82) is 0 Å². The molecule has 2 saturated heterocycles. The first kappa shape index (κ1) is 41.3. The summed E-state index contributed by atoms with van der Waals surface area (Å²) < 4.78 is 5.51. The van der Waals surface area contributed by atoms with Crippen LogP contribution in [0.3, 0.4) is 0 Å². The summed E-state index contributed by atoms with van der Waals surface area (Å²) in [7, 11) is 0. The van der Waals surface area contributed by atoms with Crippen LogP contribution in [0, 0.1) is 5.41 Å². The van der Waals surface area contributed by atoms with Crippen LogP contribution in [0.1, 0.15) is 132 Å². The van der Waals surface area contributed by atoms with E-state index in [9.17, 15) is 19.2 Å². The number of likely N-dealkylation sites (tertiary alicyclic amines) is 2. The smallest absolute Gasteiger partial charge is 0.408 e. The fourth-order valence-corrected chi connectivity index (χ4v) is 10.3. The van der Waals surface area contributed by atoms with Gasteiger partial charge in [0.15, 0.2) is 0 Å². The number of fused-ring (bicyclic) bond motifs is 3. The molecule has 5 fully saturated rings. The number of imidazole rings is 1. The minimum atomic E-state index is -0.888. The summed E-state index contributed by atoms with van der Waals surface area (Å²) in [5, 5.41) is 6.11. The molecule has 11 nitrogen and oxygen atoms in total. The molecule has 5 aliphatic rings. The van der Waals surface area contributed by atoms with Crippen LogP contribution in [0.15, 0.2) is 91.1 Å². The van der Waals surface area contributed by atoms with Crippen molar-refractivity contribution in [1.82, 2.24) is 30.4 Å². The first-order valence-electron chi connectivity index (χ1n) is 22.0. The first-order valence-corrected chi connectivity index (χ1v) is 22.0. The van der Waals surface area contributed by atoms with E-state index in [1.807, 2.05) is 83.6 Å². The number of aromatic nitrogens is 2. The van der Waals surface area contributed by atoms with Crippen molar-refractivity contribution in [3.05, 3.63) is 114 Å². The molecule has 0 radical (unpaired) electrons. The monoisotopic (exact) mass is 812 g/mol. The van der Waals surface area contributed by atoms with Gasteiger partial charge in [-0.3, -0.25) is 14.4 Å². The highest BCUT2D eigenvalue weighted by Crippen LogP contribution is 2.58. The fourth-order valence-electron chi connectivity index (χ4n) is 10.3.